The first-order valence-electron chi connectivity index (χ1n) is 7.39. The second-order valence-electron chi connectivity index (χ2n) is 5.61. The normalized spacial score (nSPS) is 22.7. The molecule has 1 amide bonds. The molecule has 0 radical (unpaired) electrons. The van der Waals surface area contributed by atoms with E-state index in [0.717, 1.165) is 32.4 Å². The number of amides is 1. The molecule has 2 aliphatic rings. The van der Waals surface area contributed by atoms with E-state index in [2.05, 4.69) is 4.98 Å². The van der Waals surface area contributed by atoms with E-state index >= 15 is 0 Å². The highest BCUT2D eigenvalue weighted by atomic mass is 16.4. The Kier molecular flexibility index (Phi) is 3.77. The Bertz CT molecular complexity index is 561. The van der Waals surface area contributed by atoms with Gasteiger partial charge >= 0.3 is 5.97 Å². The molecule has 0 saturated carbocycles. The summed E-state index contributed by atoms with van der Waals surface area (Å²) in [6, 6.07) is 3.39. The van der Waals surface area contributed by atoms with E-state index in [0.29, 0.717) is 18.8 Å². The molecule has 2 aliphatic heterocycles. The van der Waals surface area contributed by atoms with Crippen molar-refractivity contribution >= 4 is 17.7 Å². The molecule has 6 heteroatoms. The molecule has 1 N–H and O–H groups in total. The molecule has 3 heterocycles. The second kappa shape index (κ2) is 5.71. The van der Waals surface area contributed by atoms with E-state index in [9.17, 15) is 14.7 Å². The van der Waals surface area contributed by atoms with E-state index in [1.165, 1.54) is 0 Å². The Morgan fingerprint density at radius 1 is 1.33 bits per heavy atom. The summed E-state index contributed by atoms with van der Waals surface area (Å²) < 4.78 is 0. The van der Waals surface area contributed by atoms with Crippen molar-refractivity contribution in [1.82, 2.24) is 9.88 Å². The average molecular weight is 289 g/mol. The van der Waals surface area contributed by atoms with Crippen molar-refractivity contribution in [2.24, 2.45) is 0 Å². The zero-order valence-electron chi connectivity index (χ0n) is 11.9. The van der Waals surface area contributed by atoms with Crippen molar-refractivity contribution in [3.05, 3.63) is 23.9 Å². The second-order valence-corrected chi connectivity index (χ2v) is 5.61. The summed E-state index contributed by atoms with van der Waals surface area (Å²) in [6.07, 6.45) is 5.12. The van der Waals surface area contributed by atoms with Gasteiger partial charge in [-0.05, 0) is 31.4 Å². The molecule has 0 aliphatic carbocycles. The molecule has 112 valence electrons. The van der Waals surface area contributed by atoms with E-state index in [4.69, 9.17) is 0 Å². The summed E-state index contributed by atoms with van der Waals surface area (Å²) in [4.78, 5) is 31.4. The van der Waals surface area contributed by atoms with Crippen molar-refractivity contribution in [3.8, 4) is 0 Å². The number of hydrogen-bond donors (Lipinski definition) is 1. The SMILES string of the molecule is O=C(O)c1cccnc1N1CCC[C@@H](N2CCCC2=O)C1. The number of aromatic carboxylic acids is 1. The predicted octanol–water partition coefficient (Wildman–Crippen LogP) is 1.37. The predicted molar refractivity (Wildman–Crippen MR) is 77.4 cm³/mol. The Morgan fingerprint density at radius 2 is 2.19 bits per heavy atom. The molecule has 6 nitrogen and oxygen atoms in total. The third kappa shape index (κ3) is 2.70. The van der Waals surface area contributed by atoms with Crippen LogP contribution in [0.3, 0.4) is 0 Å². The van der Waals surface area contributed by atoms with Crippen LogP contribution in [-0.2, 0) is 4.79 Å². The van der Waals surface area contributed by atoms with Crippen molar-refractivity contribution in [1.29, 1.82) is 0 Å². The van der Waals surface area contributed by atoms with E-state index < -0.39 is 5.97 Å². The fourth-order valence-electron chi connectivity index (χ4n) is 3.27. The quantitative estimate of drug-likeness (QED) is 0.909. The third-order valence-corrected chi connectivity index (χ3v) is 4.26. The molecule has 1 atom stereocenters. The van der Waals surface area contributed by atoms with Crippen molar-refractivity contribution in [2.45, 2.75) is 31.7 Å². The molecular weight excluding hydrogens is 270 g/mol. The average Bonchev–Trinajstić information content (AvgIpc) is 2.93. The number of aromatic nitrogens is 1. The maximum absolute atomic E-state index is 11.9. The van der Waals surface area contributed by atoms with Gasteiger partial charge in [-0.1, -0.05) is 0 Å². The first kappa shape index (κ1) is 13.9. The smallest absolute Gasteiger partial charge is 0.339 e. The zero-order valence-corrected chi connectivity index (χ0v) is 11.9. The molecular formula is C15H19N3O3. The highest BCUT2D eigenvalue weighted by molar-refractivity contribution is 5.93. The van der Waals surface area contributed by atoms with Crippen molar-refractivity contribution < 1.29 is 14.7 Å². The van der Waals surface area contributed by atoms with E-state index in [1.807, 2.05) is 9.80 Å². The van der Waals surface area contributed by atoms with Gasteiger partial charge in [-0.3, -0.25) is 4.79 Å². The number of hydrogen-bond acceptors (Lipinski definition) is 4. The van der Waals surface area contributed by atoms with Gasteiger partial charge in [0.15, 0.2) is 0 Å². The van der Waals surface area contributed by atoms with Gasteiger partial charge < -0.3 is 14.9 Å². The van der Waals surface area contributed by atoms with Gasteiger partial charge in [0.25, 0.3) is 0 Å². The van der Waals surface area contributed by atoms with Crippen LogP contribution in [0.5, 0.6) is 0 Å². The maximum Gasteiger partial charge on any atom is 0.339 e. The number of rotatable bonds is 3. The summed E-state index contributed by atoms with van der Waals surface area (Å²) in [7, 11) is 0. The number of carboxylic acids is 1. The molecule has 1 aromatic heterocycles. The molecule has 3 rings (SSSR count). The van der Waals surface area contributed by atoms with Gasteiger partial charge in [0.05, 0.1) is 0 Å². The summed E-state index contributed by atoms with van der Waals surface area (Å²) in [5.41, 5.74) is 0.228. The minimum absolute atomic E-state index is 0.178. The van der Waals surface area contributed by atoms with E-state index in [1.54, 1.807) is 18.3 Å². The Hall–Kier alpha value is -2.11. The lowest BCUT2D eigenvalue weighted by atomic mass is 10.0. The fourth-order valence-corrected chi connectivity index (χ4v) is 3.27. The first-order valence-corrected chi connectivity index (χ1v) is 7.39. The van der Waals surface area contributed by atoms with Crippen LogP contribution in [0.15, 0.2) is 18.3 Å². The molecule has 0 spiro atoms. The lowest BCUT2D eigenvalue weighted by molar-refractivity contribution is -0.129. The Balaban J connectivity index is 1.80. The Morgan fingerprint density at radius 3 is 2.90 bits per heavy atom. The van der Waals surface area contributed by atoms with Gasteiger partial charge in [-0.2, -0.15) is 0 Å². The number of piperidine rings is 1. The summed E-state index contributed by atoms with van der Waals surface area (Å²) in [6.45, 7) is 2.28. The number of anilines is 1. The number of pyridine rings is 1. The maximum atomic E-state index is 11.9. The molecule has 0 bridgehead atoms. The van der Waals surface area contributed by atoms with E-state index in [-0.39, 0.29) is 17.5 Å². The van der Waals surface area contributed by atoms with Crippen molar-refractivity contribution in [2.75, 3.05) is 24.5 Å². The summed E-state index contributed by atoms with van der Waals surface area (Å²) >= 11 is 0. The van der Waals surface area contributed by atoms with Crippen LogP contribution in [0, 0.1) is 0 Å². The number of carboxylic acid groups (broad SMARTS) is 1. The van der Waals surface area contributed by atoms with Crippen LogP contribution in [0.2, 0.25) is 0 Å². The lowest BCUT2D eigenvalue weighted by Gasteiger charge is -2.38. The number of carbonyl (C=O) groups excluding carboxylic acids is 1. The monoisotopic (exact) mass is 289 g/mol. The lowest BCUT2D eigenvalue weighted by Crippen LogP contribution is -2.49. The van der Waals surface area contributed by atoms with Crippen LogP contribution in [0.25, 0.3) is 0 Å². The largest absolute Gasteiger partial charge is 0.478 e. The number of nitrogens with zero attached hydrogens (tertiary/aromatic N) is 3. The van der Waals surface area contributed by atoms with Gasteiger partial charge in [0, 0.05) is 38.3 Å². The molecule has 2 saturated heterocycles. The third-order valence-electron chi connectivity index (χ3n) is 4.26. The molecule has 0 unspecified atom stereocenters. The molecule has 0 aromatic carbocycles. The van der Waals surface area contributed by atoms with Crippen LogP contribution < -0.4 is 4.90 Å². The zero-order chi connectivity index (χ0) is 14.8. The van der Waals surface area contributed by atoms with Gasteiger partial charge in [-0.25, -0.2) is 9.78 Å². The van der Waals surface area contributed by atoms with Gasteiger partial charge in [-0.15, -0.1) is 0 Å². The molecule has 21 heavy (non-hydrogen) atoms. The minimum Gasteiger partial charge on any atom is -0.478 e. The molecule has 1 aromatic rings. The standard InChI is InChI=1S/C15H19N3O3/c19-13-6-3-9-18(13)11-4-2-8-17(10-11)14-12(15(20)21)5-1-7-16-14/h1,5,7,11H,2-4,6,8-10H2,(H,20,21)/t11-/m1/s1. The van der Waals surface area contributed by atoms with Crippen LogP contribution in [0.4, 0.5) is 5.82 Å². The number of carbonyl (C=O) groups is 2. The minimum atomic E-state index is -0.961. The summed E-state index contributed by atoms with van der Waals surface area (Å²) in [5.74, 6) is -0.222. The highest BCUT2D eigenvalue weighted by Crippen LogP contribution is 2.26. The topological polar surface area (TPSA) is 73.7 Å². The molecule has 2 fully saturated rings. The van der Waals surface area contributed by atoms with Gasteiger partial charge in [0.1, 0.15) is 11.4 Å². The first-order chi connectivity index (χ1) is 10.2. The Labute approximate surface area is 123 Å². The van der Waals surface area contributed by atoms with Crippen LogP contribution in [0.1, 0.15) is 36.0 Å². The van der Waals surface area contributed by atoms with Crippen molar-refractivity contribution in [3.63, 3.8) is 0 Å². The number of likely N-dealkylation sites (tertiary alicyclic amines) is 1. The van der Waals surface area contributed by atoms with Gasteiger partial charge in [0.2, 0.25) is 5.91 Å². The van der Waals surface area contributed by atoms with Crippen LogP contribution >= 0.6 is 0 Å². The fraction of sp³-hybridized carbons (Fsp3) is 0.533. The highest BCUT2D eigenvalue weighted by Gasteiger charge is 2.32. The summed E-state index contributed by atoms with van der Waals surface area (Å²) in [5, 5.41) is 9.28. The van der Waals surface area contributed by atoms with Crippen LogP contribution in [-0.4, -0.2) is 52.5 Å².